The maximum Gasteiger partial charge on any atom is 0.339 e. The molecule has 0 radical (unpaired) electrons. The van der Waals surface area contributed by atoms with E-state index in [0.29, 0.717) is 6.61 Å². The summed E-state index contributed by atoms with van der Waals surface area (Å²) in [6.45, 7) is 2.61. The number of rotatable bonds is 11. The van der Waals surface area contributed by atoms with Crippen LogP contribution in [0.2, 0.25) is 0 Å². The number of ether oxygens (including phenoxy) is 2. The minimum atomic E-state index is -0.523. The fourth-order valence-corrected chi connectivity index (χ4v) is 2.43. The van der Waals surface area contributed by atoms with Crippen molar-refractivity contribution in [2.75, 3.05) is 13.7 Å². The first-order chi connectivity index (χ1) is 11.2. The minimum absolute atomic E-state index is 0.246. The largest absolute Gasteiger partial charge is 0.465 e. The number of carbonyl (C=O) groups excluding carboxylic acids is 2. The third-order valence-electron chi connectivity index (χ3n) is 3.78. The highest BCUT2D eigenvalue weighted by molar-refractivity contribution is 6.03. The van der Waals surface area contributed by atoms with Crippen molar-refractivity contribution in [1.82, 2.24) is 0 Å². The van der Waals surface area contributed by atoms with Crippen molar-refractivity contribution < 1.29 is 19.1 Å². The van der Waals surface area contributed by atoms with Crippen LogP contribution in [-0.2, 0) is 9.47 Å². The molecule has 0 aliphatic rings. The molecule has 0 aliphatic carbocycles. The Morgan fingerprint density at radius 3 is 1.91 bits per heavy atom. The van der Waals surface area contributed by atoms with Gasteiger partial charge in [0, 0.05) is 0 Å². The van der Waals surface area contributed by atoms with Gasteiger partial charge in [0.05, 0.1) is 24.8 Å². The minimum Gasteiger partial charge on any atom is -0.465 e. The van der Waals surface area contributed by atoms with E-state index in [4.69, 9.17) is 4.74 Å². The zero-order chi connectivity index (χ0) is 16.9. The highest BCUT2D eigenvalue weighted by Gasteiger charge is 2.17. The van der Waals surface area contributed by atoms with Gasteiger partial charge in [0.1, 0.15) is 0 Å². The summed E-state index contributed by atoms with van der Waals surface area (Å²) in [6, 6.07) is 6.56. The van der Waals surface area contributed by atoms with Gasteiger partial charge < -0.3 is 9.47 Å². The van der Waals surface area contributed by atoms with Gasteiger partial charge in [0.15, 0.2) is 0 Å². The van der Waals surface area contributed by atoms with Crippen LogP contribution >= 0.6 is 0 Å². The Kier molecular flexibility index (Phi) is 9.76. The summed E-state index contributed by atoms with van der Waals surface area (Å²) in [4.78, 5) is 23.7. The van der Waals surface area contributed by atoms with Crippen molar-refractivity contribution in [2.45, 2.75) is 58.3 Å². The molecule has 0 atom stereocenters. The van der Waals surface area contributed by atoms with Crippen LogP contribution in [0, 0.1) is 0 Å². The molecule has 0 bridgehead atoms. The Balaban J connectivity index is 2.26. The molecule has 0 N–H and O–H groups in total. The molecule has 0 spiro atoms. The molecule has 0 fully saturated rings. The molecule has 128 valence electrons. The lowest BCUT2D eigenvalue weighted by Gasteiger charge is -2.08. The van der Waals surface area contributed by atoms with E-state index in [2.05, 4.69) is 11.7 Å². The van der Waals surface area contributed by atoms with E-state index >= 15 is 0 Å². The Morgan fingerprint density at radius 1 is 0.826 bits per heavy atom. The highest BCUT2D eigenvalue weighted by atomic mass is 16.5. The summed E-state index contributed by atoms with van der Waals surface area (Å²) >= 11 is 0. The summed E-state index contributed by atoms with van der Waals surface area (Å²) in [6.07, 6.45) is 9.55. The maximum atomic E-state index is 12.1. The van der Waals surface area contributed by atoms with E-state index in [1.54, 1.807) is 24.3 Å². The van der Waals surface area contributed by atoms with Gasteiger partial charge in [0.25, 0.3) is 0 Å². The van der Waals surface area contributed by atoms with E-state index < -0.39 is 11.9 Å². The first-order valence-corrected chi connectivity index (χ1v) is 8.55. The molecule has 0 amide bonds. The smallest absolute Gasteiger partial charge is 0.339 e. The zero-order valence-corrected chi connectivity index (χ0v) is 14.3. The summed E-state index contributed by atoms with van der Waals surface area (Å²) in [5.41, 5.74) is 0.509. The molecule has 0 aliphatic heterocycles. The van der Waals surface area contributed by atoms with Gasteiger partial charge >= 0.3 is 11.9 Å². The summed E-state index contributed by atoms with van der Waals surface area (Å²) < 4.78 is 9.94. The van der Waals surface area contributed by atoms with E-state index in [9.17, 15) is 9.59 Å². The molecule has 0 aromatic heterocycles. The van der Waals surface area contributed by atoms with Crippen molar-refractivity contribution in [2.24, 2.45) is 0 Å². The first-order valence-electron chi connectivity index (χ1n) is 8.55. The Hall–Kier alpha value is -1.84. The van der Waals surface area contributed by atoms with Crippen LogP contribution < -0.4 is 0 Å². The number of unbranched alkanes of at least 4 members (excludes halogenated alkanes) is 7. The number of hydrogen-bond donors (Lipinski definition) is 0. The van der Waals surface area contributed by atoms with E-state index in [1.807, 2.05) is 0 Å². The van der Waals surface area contributed by atoms with Crippen LogP contribution in [0.4, 0.5) is 0 Å². The molecule has 1 aromatic carbocycles. The van der Waals surface area contributed by atoms with Gasteiger partial charge in [-0.1, -0.05) is 64.0 Å². The second kappa shape index (κ2) is 11.7. The Morgan fingerprint density at radius 2 is 1.35 bits per heavy atom. The molecular weight excluding hydrogens is 292 g/mol. The van der Waals surface area contributed by atoms with Gasteiger partial charge in [-0.3, -0.25) is 0 Å². The maximum absolute atomic E-state index is 12.1. The lowest BCUT2D eigenvalue weighted by molar-refractivity contribution is 0.0480. The van der Waals surface area contributed by atoms with Gasteiger partial charge in [-0.2, -0.15) is 0 Å². The predicted molar refractivity (Wildman–Crippen MR) is 90.7 cm³/mol. The Bertz CT molecular complexity index is 482. The monoisotopic (exact) mass is 320 g/mol. The lowest BCUT2D eigenvalue weighted by atomic mass is 10.1. The van der Waals surface area contributed by atoms with E-state index in [0.717, 1.165) is 12.8 Å². The SMILES string of the molecule is CCCCCCCCCCOC(=O)c1ccccc1C(=O)OC. The van der Waals surface area contributed by atoms with Crippen LogP contribution in [0.3, 0.4) is 0 Å². The van der Waals surface area contributed by atoms with Crippen molar-refractivity contribution in [1.29, 1.82) is 0 Å². The predicted octanol–water partition coefficient (Wildman–Crippen LogP) is 4.77. The first kappa shape index (κ1) is 19.2. The number of esters is 2. The molecular formula is C19H28O4. The van der Waals surface area contributed by atoms with Crippen LogP contribution in [0.25, 0.3) is 0 Å². The quantitative estimate of drug-likeness (QED) is 0.435. The van der Waals surface area contributed by atoms with E-state index in [-0.39, 0.29) is 11.1 Å². The van der Waals surface area contributed by atoms with Crippen molar-refractivity contribution in [3.8, 4) is 0 Å². The third-order valence-corrected chi connectivity index (χ3v) is 3.78. The molecule has 4 nitrogen and oxygen atoms in total. The average Bonchev–Trinajstić information content (AvgIpc) is 2.59. The Labute approximate surface area is 139 Å². The third kappa shape index (κ3) is 7.31. The van der Waals surface area contributed by atoms with Gasteiger partial charge in [-0.25, -0.2) is 9.59 Å². The summed E-state index contributed by atoms with van der Waals surface area (Å²) in [7, 11) is 1.30. The summed E-state index contributed by atoms with van der Waals surface area (Å²) in [5, 5.41) is 0. The molecule has 0 saturated carbocycles. The van der Waals surface area contributed by atoms with Gasteiger partial charge in [-0.05, 0) is 18.6 Å². The van der Waals surface area contributed by atoms with Crippen LogP contribution in [0.5, 0.6) is 0 Å². The number of hydrogen-bond acceptors (Lipinski definition) is 4. The second-order valence-corrected chi connectivity index (χ2v) is 5.65. The topological polar surface area (TPSA) is 52.6 Å². The number of carbonyl (C=O) groups is 2. The van der Waals surface area contributed by atoms with Crippen LogP contribution in [0.1, 0.15) is 79.0 Å². The van der Waals surface area contributed by atoms with Gasteiger partial charge in [0.2, 0.25) is 0 Å². The molecule has 0 unspecified atom stereocenters. The van der Waals surface area contributed by atoms with Gasteiger partial charge in [-0.15, -0.1) is 0 Å². The normalized spacial score (nSPS) is 10.3. The molecule has 0 saturated heterocycles. The van der Waals surface area contributed by atoms with Crippen molar-refractivity contribution in [3.05, 3.63) is 35.4 Å². The summed E-state index contributed by atoms with van der Waals surface area (Å²) in [5.74, 6) is -0.987. The molecule has 1 rings (SSSR count). The van der Waals surface area contributed by atoms with Crippen molar-refractivity contribution in [3.63, 3.8) is 0 Å². The molecule has 0 heterocycles. The number of methoxy groups -OCH3 is 1. The van der Waals surface area contributed by atoms with Crippen LogP contribution in [-0.4, -0.2) is 25.7 Å². The van der Waals surface area contributed by atoms with Crippen molar-refractivity contribution >= 4 is 11.9 Å². The lowest BCUT2D eigenvalue weighted by Crippen LogP contribution is -2.13. The molecule has 4 heteroatoms. The van der Waals surface area contributed by atoms with Crippen LogP contribution in [0.15, 0.2) is 24.3 Å². The molecule has 1 aromatic rings. The standard InChI is InChI=1S/C19H28O4/c1-3-4-5-6-7-8-9-12-15-23-19(21)17-14-11-10-13-16(17)18(20)22-2/h10-11,13-14H,3-9,12,15H2,1-2H3. The average molecular weight is 320 g/mol. The zero-order valence-electron chi connectivity index (χ0n) is 14.3. The fraction of sp³-hybridized carbons (Fsp3) is 0.579. The molecule has 23 heavy (non-hydrogen) atoms. The number of benzene rings is 1. The second-order valence-electron chi connectivity index (χ2n) is 5.65. The highest BCUT2D eigenvalue weighted by Crippen LogP contribution is 2.13. The van der Waals surface area contributed by atoms with E-state index in [1.165, 1.54) is 45.6 Å². The fourth-order valence-electron chi connectivity index (χ4n) is 2.43.